The monoisotopic (exact) mass is 315 g/mol. The summed E-state index contributed by atoms with van der Waals surface area (Å²) in [6.45, 7) is 1.82. The summed E-state index contributed by atoms with van der Waals surface area (Å²) < 4.78 is 10.5. The number of carbonyl (C=O) groups is 2. The van der Waals surface area contributed by atoms with Crippen molar-refractivity contribution in [2.75, 3.05) is 12.0 Å². The zero-order valence-electron chi connectivity index (χ0n) is 12.0. The SMILES string of the molecule is COc1ccc(N2C(=O)S/C(=C/c3ccc(C)o3)C2=O)cc1. The summed E-state index contributed by atoms with van der Waals surface area (Å²) in [6, 6.07) is 10.3. The second-order valence-corrected chi connectivity index (χ2v) is 5.66. The van der Waals surface area contributed by atoms with Crippen LogP contribution in [0.1, 0.15) is 11.5 Å². The Morgan fingerprint density at radius 3 is 2.45 bits per heavy atom. The first kappa shape index (κ1) is 14.5. The quantitative estimate of drug-likeness (QED) is 0.805. The van der Waals surface area contributed by atoms with Crippen molar-refractivity contribution in [2.45, 2.75) is 6.92 Å². The van der Waals surface area contributed by atoms with E-state index in [1.165, 1.54) is 0 Å². The lowest BCUT2D eigenvalue weighted by Crippen LogP contribution is -2.27. The number of furan rings is 1. The van der Waals surface area contributed by atoms with E-state index in [2.05, 4.69) is 0 Å². The number of carbonyl (C=O) groups excluding carboxylic acids is 2. The molecule has 3 rings (SSSR count). The Labute approximate surface area is 131 Å². The Morgan fingerprint density at radius 2 is 1.86 bits per heavy atom. The molecular weight excluding hydrogens is 302 g/mol. The second kappa shape index (κ2) is 5.73. The van der Waals surface area contributed by atoms with Crippen LogP contribution in [-0.2, 0) is 4.79 Å². The third-order valence-corrected chi connectivity index (χ3v) is 4.03. The van der Waals surface area contributed by atoms with Crippen molar-refractivity contribution in [3.05, 3.63) is 52.8 Å². The second-order valence-electron chi connectivity index (χ2n) is 4.66. The standard InChI is InChI=1S/C16H13NO4S/c1-10-3-6-13(21-10)9-14-15(18)17(16(19)22-14)11-4-7-12(20-2)8-5-11/h3-9H,1-2H3/b14-9+. The lowest BCUT2D eigenvalue weighted by Gasteiger charge is -2.12. The molecule has 0 radical (unpaired) electrons. The number of imide groups is 1. The predicted molar refractivity (Wildman–Crippen MR) is 84.9 cm³/mol. The van der Waals surface area contributed by atoms with Crippen molar-refractivity contribution in [2.24, 2.45) is 0 Å². The van der Waals surface area contributed by atoms with Crippen LogP contribution >= 0.6 is 11.8 Å². The molecule has 1 saturated heterocycles. The number of hydrogen-bond donors (Lipinski definition) is 0. The minimum atomic E-state index is -0.353. The van der Waals surface area contributed by atoms with Gasteiger partial charge in [-0.05, 0) is 55.1 Å². The van der Waals surface area contributed by atoms with Crippen molar-refractivity contribution in [1.29, 1.82) is 0 Å². The first-order valence-electron chi connectivity index (χ1n) is 6.57. The Balaban J connectivity index is 1.89. The van der Waals surface area contributed by atoms with Crippen LogP contribution in [0.3, 0.4) is 0 Å². The average Bonchev–Trinajstić information content (AvgIpc) is 3.03. The lowest BCUT2D eigenvalue weighted by atomic mass is 10.2. The van der Waals surface area contributed by atoms with E-state index in [9.17, 15) is 9.59 Å². The van der Waals surface area contributed by atoms with Crippen LogP contribution in [0.2, 0.25) is 0 Å². The molecule has 2 amide bonds. The Kier molecular flexibility index (Phi) is 3.77. The molecule has 22 heavy (non-hydrogen) atoms. The van der Waals surface area contributed by atoms with E-state index in [1.807, 2.05) is 6.92 Å². The molecule has 2 aromatic rings. The molecule has 2 heterocycles. The van der Waals surface area contributed by atoms with E-state index in [0.29, 0.717) is 22.1 Å². The Morgan fingerprint density at radius 1 is 1.14 bits per heavy atom. The molecule has 1 aliphatic rings. The van der Waals surface area contributed by atoms with Crippen molar-refractivity contribution in [3.8, 4) is 5.75 Å². The number of benzene rings is 1. The van der Waals surface area contributed by atoms with E-state index in [1.54, 1.807) is 49.6 Å². The lowest BCUT2D eigenvalue weighted by molar-refractivity contribution is -0.113. The van der Waals surface area contributed by atoms with Gasteiger partial charge in [-0.3, -0.25) is 9.59 Å². The van der Waals surface area contributed by atoms with Crippen molar-refractivity contribution >= 4 is 34.7 Å². The third-order valence-electron chi connectivity index (χ3n) is 3.16. The van der Waals surface area contributed by atoms with Gasteiger partial charge in [0, 0.05) is 6.08 Å². The molecule has 5 nitrogen and oxygen atoms in total. The Hall–Kier alpha value is -2.47. The number of methoxy groups -OCH3 is 1. The molecule has 0 bridgehead atoms. The van der Waals surface area contributed by atoms with E-state index < -0.39 is 0 Å². The summed E-state index contributed by atoms with van der Waals surface area (Å²) in [4.78, 5) is 26.0. The molecule has 0 spiro atoms. The highest BCUT2D eigenvalue weighted by molar-refractivity contribution is 8.19. The number of amides is 2. The number of thioether (sulfide) groups is 1. The van der Waals surface area contributed by atoms with E-state index in [0.717, 1.165) is 22.4 Å². The van der Waals surface area contributed by atoms with Gasteiger partial charge >= 0.3 is 0 Å². The zero-order valence-corrected chi connectivity index (χ0v) is 12.8. The Bertz CT molecular complexity index is 761. The maximum absolute atomic E-state index is 12.4. The smallest absolute Gasteiger partial charge is 0.298 e. The highest BCUT2D eigenvalue weighted by atomic mass is 32.2. The molecule has 0 saturated carbocycles. The van der Waals surface area contributed by atoms with Crippen LogP contribution in [0, 0.1) is 6.92 Å². The fraction of sp³-hybridized carbons (Fsp3) is 0.125. The van der Waals surface area contributed by atoms with Crippen LogP contribution < -0.4 is 9.64 Å². The fourth-order valence-electron chi connectivity index (χ4n) is 2.08. The number of ether oxygens (including phenoxy) is 1. The molecule has 1 aromatic carbocycles. The maximum Gasteiger partial charge on any atom is 0.298 e. The highest BCUT2D eigenvalue weighted by Crippen LogP contribution is 2.36. The topological polar surface area (TPSA) is 59.8 Å². The molecule has 6 heteroatoms. The summed E-state index contributed by atoms with van der Waals surface area (Å²) in [7, 11) is 1.56. The van der Waals surface area contributed by atoms with Crippen molar-refractivity contribution in [3.63, 3.8) is 0 Å². The first-order chi connectivity index (χ1) is 10.6. The summed E-state index contributed by atoms with van der Waals surface area (Å²) in [5.74, 6) is 1.62. The van der Waals surface area contributed by atoms with Crippen LogP contribution in [0.25, 0.3) is 6.08 Å². The molecule has 0 N–H and O–H groups in total. The summed E-state index contributed by atoms with van der Waals surface area (Å²) in [6.07, 6.45) is 1.58. The minimum Gasteiger partial charge on any atom is -0.497 e. The molecule has 0 aliphatic carbocycles. The van der Waals surface area contributed by atoms with Gasteiger partial charge in [0.05, 0.1) is 17.7 Å². The van der Waals surface area contributed by atoms with Gasteiger partial charge in [-0.2, -0.15) is 0 Å². The fourth-order valence-corrected chi connectivity index (χ4v) is 2.90. The predicted octanol–water partition coefficient (Wildman–Crippen LogP) is 3.84. The van der Waals surface area contributed by atoms with E-state index >= 15 is 0 Å². The first-order valence-corrected chi connectivity index (χ1v) is 7.38. The number of anilines is 1. The number of nitrogens with zero attached hydrogens (tertiary/aromatic N) is 1. The third kappa shape index (κ3) is 2.65. The molecule has 1 fully saturated rings. The van der Waals surface area contributed by atoms with Crippen LogP contribution in [0.15, 0.2) is 45.7 Å². The van der Waals surface area contributed by atoms with Gasteiger partial charge in [0.15, 0.2) is 0 Å². The largest absolute Gasteiger partial charge is 0.497 e. The van der Waals surface area contributed by atoms with Crippen LogP contribution in [0.5, 0.6) is 5.75 Å². The zero-order chi connectivity index (χ0) is 15.7. The van der Waals surface area contributed by atoms with Gasteiger partial charge < -0.3 is 9.15 Å². The number of rotatable bonds is 3. The number of aryl methyl sites for hydroxylation is 1. The highest BCUT2D eigenvalue weighted by Gasteiger charge is 2.36. The van der Waals surface area contributed by atoms with E-state index in [-0.39, 0.29) is 11.1 Å². The van der Waals surface area contributed by atoms with Gasteiger partial charge in [0.1, 0.15) is 17.3 Å². The van der Waals surface area contributed by atoms with Gasteiger partial charge in [-0.1, -0.05) is 0 Å². The summed E-state index contributed by atoms with van der Waals surface area (Å²) >= 11 is 0.898. The van der Waals surface area contributed by atoms with Crippen LogP contribution in [0.4, 0.5) is 10.5 Å². The summed E-state index contributed by atoms with van der Waals surface area (Å²) in [5, 5.41) is -0.329. The number of hydrogen-bond acceptors (Lipinski definition) is 5. The van der Waals surface area contributed by atoms with Crippen molar-refractivity contribution in [1.82, 2.24) is 0 Å². The van der Waals surface area contributed by atoms with Crippen molar-refractivity contribution < 1.29 is 18.7 Å². The van der Waals surface area contributed by atoms with Gasteiger partial charge in [0.25, 0.3) is 11.1 Å². The van der Waals surface area contributed by atoms with Gasteiger partial charge in [-0.25, -0.2) is 4.90 Å². The molecular formula is C16H13NO4S. The molecule has 0 atom stereocenters. The van der Waals surface area contributed by atoms with E-state index in [4.69, 9.17) is 9.15 Å². The summed E-state index contributed by atoms with van der Waals surface area (Å²) in [5.41, 5.74) is 0.516. The molecule has 112 valence electrons. The molecule has 0 unspecified atom stereocenters. The minimum absolute atomic E-state index is 0.329. The molecule has 1 aromatic heterocycles. The molecule has 1 aliphatic heterocycles. The van der Waals surface area contributed by atoms with Gasteiger partial charge in [0.2, 0.25) is 0 Å². The normalized spacial score (nSPS) is 16.6. The van der Waals surface area contributed by atoms with Crippen LogP contribution in [-0.4, -0.2) is 18.3 Å². The maximum atomic E-state index is 12.4. The average molecular weight is 315 g/mol. The van der Waals surface area contributed by atoms with Gasteiger partial charge in [-0.15, -0.1) is 0 Å².